The van der Waals surface area contributed by atoms with Crippen LogP contribution in [0.4, 0.5) is 35.1 Å². The topological polar surface area (TPSA) is 67.3 Å². The van der Waals surface area contributed by atoms with Gasteiger partial charge in [-0.2, -0.15) is 26.3 Å². The zero-order chi connectivity index (χ0) is 29.3. The van der Waals surface area contributed by atoms with E-state index in [1.807, 2.05) is 0 Å². The number of benzene rings is 2. The summed E-state index contributed by atoms with van der Waals surface area (Å²) in [5.74, 6) is -2.12. The molecule has 1 saturated heterocycles. The van der Waals surface area contributed by atoms with E-state index in [2.05, 4.69) is 4.37 Å². The van der Waals surface area contributed by atoms with Gasteiger partial charge in [0.05, 0.1) is 4.90 Å². The molecule has 0 bridgehead atoms. The van der Waals surface area contributed by atoms with Gasteiger partial charge in [-0.15, -0.1) is 0 Å². The highest BCUT2D eigenvalue weighted by atomic mass is 32.2. The lowest BCUT2D eigenvalue weighted by atomic mass is 9.75. The number of likely N-dealkylation sites (tertiary alicyclic amines) is 1. The summed E-state index contributed by atoms with van der Waals surface area (Å²) in [7, 11) is -4.54. The summed E-state index contributed by atoms with van der Waals surface area (Å²) in [5.41, 5.74) is -7.78. The van der Waals surface area contributed by atoms with E-state index in [4.69, 9.17) is 0 Å². The zero-order valence-electron chi connectivity index (χ0n) is 20.1. The highest BCUT2D eigenvalue weighted by Crippen LogP contribution is 2.56. The predicted octanol–water partition coefficient (Wildman–Crippen LogP) is 5.96. The summed E-state index contributed by atoms with van der Waals surface area (Å²) in [4.78, 5) is 14.3. The highest BCUT2D eigenvalue weighted by Gasteiger charge is 2.73. The van der Waals surface area contributed by atoms with Crippen molar-refractivity contribution in [3.05, 3.63) is 82.1 Å². The molecule has 0 N–H and O–H groups in total. The van der Waals surface area contributed by atoms with Crippen LogP contribution in [0.15, 0.2) is 59.6 Å². The molecule has 5 nitrogen and oxygen atoms in total. The third-order valence-electron chi connectivity index (χ3n) is 7.57. The Balaban J connectivity index is 1.71. The molecule has 5 rings (SSSR count). The van der Waals surface area contributed by atoms with E-state index >= 15 is 0 Å². The third-order valence-corrected chi connectivity index (χ3v) is 10.8. The minimum atomic E-state index is -6.35. The van der Waals surface area contributed by atoms with E-state index in [1.165, 1.54) is 17.2 Å². The standard InChI is InChI=1S/C25H18F8N2O3S2/c26-17-4-6-18(7-5-17)40(37,38)22-13-35(21(36)20-9-10-34-39-20)12-16(22)2-1-14-11-15(3-8-19(14)22)23(27,24(28,29)30)25(31,32)33/h3-11,16H,1-2,12-13H2/t16?,22-/m1/s1. The van der Waals surface area contributed by atoms with Gasteiger partial charge in [-0.3, -0.25) is 4.79 Å². The van der Waals surface area contributed by atoms with Gasteiger partial charge in [0, 0.05) is 30.8 Å². The number of aryl methyl sites for hydroxylation is 1. The molecule has 0 saturated carbocycles. The average molecular weight is 611 g/mol. The zero-order valence-corrected chi connectivity index (χ0v) is 21.7. The first-order chi connectivity index (χ1) is 18.5. The Hall–Kier alpha value is -3.07. The Bertz CT molecular complexity index is 1540. The second-order valence-electron chi connectivity index (χ2n) is 9.67. The molecule has 0 spiro atoms. The number of sulfone groups is 1. The summed E-state index contributed by atoms with van der Waals surface area (Å²) >= 11 is 0.863. The van der Waals surface area contributed by atoms with Crippen molar-refractivity contribution < 1.29 is 48.3 Å². The van der Waals surface area contributed by atoms with Crippen molar-refractivity contribution in [2.24, 2.45) is 5.92 Å². The van der Waals surface area contributed by atoms with E-state index in [1.54, 1.807) is 0 Å². The number of hydrogen-bond donors (Lipinski definition) is 0. The smallest absolute Gasteiger partial charge is 0.336 e. The molecular weight excluding hydrogens is 592 g/mol. The highest BCUT2D eigenvalue weighted by molar-refractivity contribution is 7.92. The lowest BCUT2D eigenvalue weighted by Gasteiger charge is -2.40. The average Bonchev–Trinajstić information content (AvgIpc) is 3.55. The Labute approximate surface area is 226 Å². The van der Waals surface area contributed by atoms with Gasteiger partial charge >= 0.3 is 18.0 Å². The lowest BCUT2D eigenvalue weighted by Crippen LogP contribution is -2.51. The summed E-state index contributed by atoms with van der Waals surface area (Å²) in [6, 6.07) is 6.66. The maximum Gasteiger partial charge on any atom is 0.435 e. The number of nitrogens with zero attached hydrogens (tertiary/aromatic N) is 2. The fourth-order valence-corrected chi connectivity index (χ4v) is 8.60. The number of fused-ring (bicyclic) bond motifs is 3. The van der Waals surface area contributed by atoms with E-state index < -0.39 is 62.4 Å². The van der Waals surface area contributed by atoms with Gasteiger partial charge in [0.25, 0.3) is 5.91 Å². The van der Waals surface area contributed by atoms with Crippen LogP contribution in [0.2, 0.25) is 0 Å². The fraction of sp³-hybridized carbons (Fsp3) is 0.360. The molecule has 0 radical (unpaired) electrons. The molecule has 2 heterocycles. The number of halogens is 8. The Morgan fingerprint density at radius 1 is 0.975 bits per heavy atom. The first kappa shape index (κ1) is 28.5. The van der Waals surface area contributed by atoms with Gasteiger partial charge in [-0.1, -0.05) is 18.2 Å². The molecule has 40 heavy (non-hydrogen) atoms. The van der Waals surface area contributed by atoms with Gasteiger partial charge in [0.15, 0.2) is 9.84 Å². The van der Waals surface area contributed by atoms with Crippen LogP contribution in [0.5, 0.6) is 0 Å². The number of rotatable bonds is 4. The number of amides is 1. The summed E-state index contributed by atoms with van der Waals surface area (Å²) in [6.45, 7) is -0.573. The van der Waals surface area contributed by atoms with Crippen LogP contribution >= 0.6 is 11.5 Å². The summed E-state index contributed by atoms with van der Waals surface area (Å²) < 4.78 is 140. The molecular formula is C25H18F8N2O3S2. The van der Waals surface area contributed by atoms with Crippen LogP contribution in [-0.4, -0.2) is 49.0 Å². The minimum Gasteiger partial charge on any atom is -0.336 e. The van der Waals surface area contributed by atoms with E-state index in [-0.39, 0.29) is 46.4 Å². The number of carbonyl (C=O) groups excluding carboxylic acids is 1. The SMILES string of the molecule is O=C(c1ccns1)N1CC2CCc3cc(C(F)(C(F)(F)F)C(F)(F)F)ccc3[C@@]2(S(=O)(=O)c2ccc(F)cc2)C1. The van der Waals surface area contributed by atoms with E-state index in [9.17, 15) is 48.3 Å². The molecule has 3 aromatic rings. The maximum absolute atomic E-state index is 14.9. The van der Waals surface area contributed by atoms with Gasteiger partial charge in [0.2, 0.25) is 0 Å². The maximum atomic E-state index is 14.9. The molecule has 15 heteroatoms. The Morgan fingerprint density at radius 3 is 2.20 bits per heavy atom. The van der Waals surface area contributed by atoms with Gasteiger partial charge < -0.3 is 4.90 Å². The van der Waals surface area contributed by atoms with Crippen LogP contribution in [0.25, 0.3) is 0 Å². The summed E-state index contributed by atoms with van der Waals surface area (Å²) in [5, 5.41) is 0. The molecule has 1 amide bonds. The molecule has 2 aliphatic rings. The van der Waals surface area contributed by atoms with Crippen molar-refractivity contribution in [2.45, 2.75) is 40.5 Å². The first-order valence-corrected chi connectivity index (χ1v) is 14.0. The number of carbonyl (C=O) groups is 1. The van der Waals surface area contributed by atoms with Crippen LogP contribution in [0.1, 0.15) is 32.8 Å². The number of aromatic nitrogens is 1. The van der Waals surface area contributed by atoms with Crippen molar-refractivity contribution in [3.63, 3.8) is 0 Å². The van der Waals surface area contributed by atoms with Gasteiger partial charge in [-0.05, 0) is 65.8 Å². The molecule has 1 aromatic heterocycles. The fourth-order valence-electron chi connectivity index (χ4n) is 5.68. The Kier molecular flexibility index (Phi) is 6.56. The van der Waals surface area contributed by atoms with Gasteiger partial charge in [-0.25, -0.2) is 21.6 Å². The van der Waals surface area contributed by atoms with Gasteiger partial charge in [0.1, 0.15) is 15.4 Å². The molecule has 1 fully saturated rings. The molecule has 2 aromatic carbocycles. The van der Waals surface area contributed by atoms with Crippen molar-refractivity contribution in [1.29, 1.82) is 0 Å². The van der Waals surface area contributed by atoms with Crippen LogP contribution in [0, 0.1) is 11.7 Å². The van der Waals surface area contributed by atoms with Crippen LogP contribution in [-0.2, 0) is 26.7 Å². The lowest BCUT2D eigenvalue weighted by molar-refractivity contribution is -0.348. The third kappa shape index (κ3) is 4.03. The number of hydrogen-bond acceptors (Lipinski definition) is 5. The molecule has 2 atom stereocenters. The van der Waals surface area contributed by atoms with E-state index in [0.29, 0.717) is 6.07 Å². The van der Waals surface area contributed by atoms with Crippen molar-refractivity contribution in [1.82, 2.24) is 9.27 Å². The monoisotopic (exact) mass is 610 g/mol. The largest absolute Gasteiger partial charge is 0.435 e. The first-order valence-electron chi connectivity index (χ1n) is 11.7. The normalized spacial score (nSPS) is 21.7. The van der Waals surface area contributed by atoms with Crippen molar-refractivity contribution in [3.8, 4) is 0 Å². The minimum absolute atomic E-state index is 0.0410. The Morgan fingerprint density at radius 2 is 1.62 bits per heavy atom. The van der Waals surface area contributed by atoms with Crippen LogP contribution in [0.3, 0.4) is 0 Å². The second kappa shape index (κ2) is 9.23. The number of alkyl halides is 7. The summed E-state index contributed by atoms with van der Waals surface area (Å²) in [6.07, 6.45) is -11.5. The van der Waals surface area contributed by atoms with Crippen LogP contribution < -0.4 is 0 Å². The predicted molar refractivity (Wildman–Crippen MR) is 126 cm³/mol. The van der Waals surface area contributed by atoms with Crippen molar-refractivity contribution >= 4 is 27.3 Å². The second-order valence-corrected chi connectivity index (χ2v) is 12.7. The molecule has 214 valence electrons. The molecule has 1 aliphatic carbocycles. The molecule has 1 aliphatic heterocycles. The molecule has 1 unspecified atom stereocenters. The van der Waals surface area contributed by atoms with E-state index in [0.717, 1.165) is 41.9 Å². The van der Waals surface area contributed by atoms with Crippen molar-refractivity contribution in [2.75, 3.05) is 13.1 Å². The quantitative estimate of drug-likeness (QED) is 0.270.